The third-order valence-corrected chi connectivity index (χ3v) is 3.83. The molecule has 0 spiro atoms. The molecule has 0 unspecified atom stereocenters. The first-order chi connectivity index (χ1) is 12.7. The highest BCUT2D eigenvalue weighted by Gasteiger charge is 2.38. The van der Waals surface area contributed by atoms with Crippen LogP contribution >= 0.6 is 0 Å². The van der Waals surface area contributed by atoms with Crippen LogP contribution in [0.3, 0.4) is 0 Å². The van der Waals surface area contributed by atoms with Gasteiger partial charge >= 0.3 is 12.9 Å². The standard InChI is InChI=1S/C16H12F5N3O3/c17-15(18)27-12-5-10(4-3-9(12)7-25)22-14(26)11-6-24(16(19,20)21)23-13(11)8-1-2-8/h3-8,15H,1-2H2,(H,22,26). The van der Waals surface area contributed by atoms with E-state index in [1.165, 1.54) is 6.07 Å². The summed E-state index contributed by atoms with van der Waals surface area (Å²) in [5.74, 6) is -1.58. The molecule has 0 aliphatic heterocycles. The Labute approximate surface area is 148 Å². The number of ether oxygens (including phenoxy) is 1. The summed E-state index contributed by atoms with van der Waals surface area (Å²) in [4.78, 5) is 23.3. The lowest BCUT2D eigenvalue weighted by Crippen LogP contribution is -2.17. The molecule has 6 nitrogen and oxygen atoms in total. The van der Waals surface area contributed by atoms with Gasteiger partial charge in [0.15, 0.2) is 6.29 Å². The zero-order valence-corrected chi connectivity index (χ0v) is 13.5. The Hall–Kier alpha value is -2.98. The molecule has 0 saturated heterocycles. The average molecular weight is 389 g/mol. The Bertz CT molecular complexity index is 875. The van der Waals surface area contributed by atoms with Crippen LogP contribution in [-0.2, 0) is 6.30 Å². The van der Waals surface area contributed by atoms with Crippen molar-refractivity contribution in [3.05, 3.63) is 41.2 Å². The van der Waals surface area contributed by atoms with Crippen molar-refractivity contribution < 1.29 is 36.3 Å². The second kappa shape index (κ2) is 6.97. The fourth-order valence-corrected chi connectivity index (χ4v) is 2.46. The van der Waals surface area contributed by atoms with Gasteiger partial charge in [-0.05, 0) is 25.0 Å². The number of halogens is 5. The maximum atomic E-state index is 12.9. The molecule has 0 atom stereocenters. The number of carbonyl (C=O) groups excluding carboxylic acids is 2. The first-order valence-corrected chi connectivity index (χ1v) is 7.71. The first-order valence-electron chi connectivity index (χ1n) is 7.71. The topological polar surface area (TPSA) is 73.2 Å². The van der Waals surface area contributed by atoms with Gasteiger partial charge < -0.3 is 10.1 Å². The number of aromatic nitrogens is 2. The molecule has 1 fully saturated rings. The predicted octanol–water partition coefficient (Wildman–Crippen LogP) is 3.90. The lowest BCUT2D eigenvalue weighted by Gasteiger charge is -2.10. The monoisotopic (exact) mass is 389 g/mol. The average Bonchev–Trinajstić information content (AvgIpc) is 3.31. The number of anilines is 1. The minimum absolute atomic E-state index is 0.0252. The fraction of sp³-hybridized carbons (Fsp3) is 0.312. The van der Waals surface area contributed by atoms with Gasteiger partial charge in [-0.2, -0.15) is 18.6 Å². The second-order valence-electron chi connectivity index (χ2n) is 5.82. The van der Waals surface area contributed by atoms with Crippen molar-refractivity contribution in [3.8, 4) is 5.75 Å². The van der Waals surface area contributed by atoms with E-state index in [1.807, 2.05) is 0 Å². The quantitative estimate of drug-likeness (QED) is 0.601. The fourth-order valence-electron chi connectivity index (χ4n) is 2.46. The Balaban J connectivity index is 1.87. The first kappa shape index (κ1) is 18.8. The van der Waals surface area contributed by atoms with E-state index < -0.39 is 24.6 Å². The van der Waals surface area contributed by atoms with Crippen LogP contribution in [0.2, 0.25) is 0 Å². The van der Waals surface area contributed by atoms with E-state index in [9.17, 15) is 31.5 Å². The van der Waals surface area contributed by atoms with Crippen molar-refractivity contribution >= 4 is 17.9 Å². The lowest BCUT2D eigenvalue weighted by atomic mass is 10.1. The summed E-state index contributed by atoms with van der Waals surface area (Å²) in [5, 5.41) is 5.76. The number of amides is 1. The Morgan fingerprint density at radius 1 is 1.33 bits per heavy atom. The molecule has 3 rings (SSSR count). The molecule has 27 heavy (non-hydrogen) atoms. The number of hydrogen-bond donors (Lipinski definition) is 1. The molecule has 2 aromatic rings. The molecule has 1 N–H and O–H groups in total. The highest BCUT2D eigenvalue weighted by molar-refractivity contribution is 6.05. The van der Waals surface area contributed by atoms with Crippen molar-refractivity contribution in [2.24, 2.45) is 0 Å². The van der Waals surface area contributed by atoms with Crippen LogP contribution in [0.4, 0.5) is 27.6 Å². The highest BCUT2D eigenvalue weighted by atomic mass is 19.4. The lowest BCUT2D eigenvalue weighted by molar-refractivity contribution is -0.212. The number of nitrogens with zero attached hydrogens (tertiary/aromatic N) is 2. The van der Waals surface area contributed by atoms with E-state index in [0.29, 0.717) is 25.3 Å². The number of aldehydes is 1. The van der Waals surface area contributed by atoms with Crippen LogP contribution in [0.1, 0.15) is 45.2 Å². The van der Waals surface area contributed by atoms with E-state index in [1.54, 1.807) is 0 Å². The van der Waals surface area contributed by atoms with Crippen LogP contribution in [0.15, 0.2) is 24.4 Å². The molecule has 1 amide bonds. The van der Waals surface area contributed by atoms with E-state index >= 15 is 0 Å². The molecule has 1 aromatic carbocycles. The van der Waals surface area contributed by atoms with Crippen LogP contribution in [-0.4, -0.2) is 28.6 Å². The van der Waals surface area contributed by atoms with Gasteiger partial charge in [0.25, 0.3) is 5.91 Å². The maximum absolute atomic E-state index is 12.9. The van der Waals surface area contributed by atoms with E-state index in [4.69, 9.17) is 0 Å². The van der Waals surface area contributed by atoms with Crippen molar-refractivity contribution in [2.45, 2.75) is 31.7 Å². The Morgan fingerprint density at radius 2 is 2.04 bits per heavy atom. The van der Waals surface area contributed by atoms with Crippen molar-refractivity contribution in [2.75, 3.05) is 5.32 Å². The van der Waals surface area contributed by atoms with Gasteiger partial charge in [0, 0.05) is 23.9 Å². The summed E-state index contributed by atoms with van der Waals surface area (Å²) >= 11 is 0. The zero-order valence-electron chi connectivity index (χ0n) is 13.5. The summed E-state index contributed by atoms with van der Waals surface area (Å²) < 4.78 is 67.4. The number of benzene rings is 1. The molecule has 1 aliphatic rings. The number of rotatable bonds is 6. The molecule has 0 bridgehead atoms. The molecule has 0 radical (unpaired) electrons. The van der Waals surface area contributed by atoms with Crippen LogP contribution in [0, 0.1) is 0 Å². The number of nitrogens with one attached hydrogen (secondary N) is 1. The van der Waals surface area contributed by atoms with Gasteiger partial charge in [0.1, 0.15) is 5.75 Å². The molecule has 144 valence electrons. The van der Waals surface area contributed by atoms with Crippen LogP contribution in [0.5, 0.6) is 5.75 Å². The molecule has 11 heteroatoms. The highest BCUT2D eigenvalue weighted by Crippen LogP contribution is 2.41. The molecular weight excluding hydrogens is 377 g/mol. The largest absolute Gasteiger partial charge is 0.504 e. The minimum atomic E-state index is -4.77. The number of alkyl halides is 5. The third-order valence-electron chi connectivity index (χ3n) is 3.83. The smallest absolute Gasteiger partial charge is 0.434 e. The van der Waals surface area contributed by atoms with Gasteiger partial charge in [-0.1, -0.05) is 0 Å². The maximum Gasteiger partial charge on any atom is 0.504 e. The third kappa shape index (κ3) is 4.23. The van der Waals surface area contributed by atoms with Crippen molar-refractivity contribution in [3.63, 3.8) is 0 Å². The van der Waals surface area contributed by atoms with Gasteiger partial charge in [-0.3, -0.25) is 9.59 Å². The molecule has 1 aliphatic carbocycles. The van der Waals surface area contributed by atoms with Crippen LogP contribution in [0.25, 0.3) is 0 Å². The van der Waals surface area contributed by atoms with E-state index in [2.05, 4.69) is 15.2 Å². The summed E-state index contributed by atoms with van der Waals surface area (Å²) in [6, 6.07) is 3.37. The van der Waals surface area contributed by atoms with Crippen molar-refractivity contribution in [1.29, 1.82) is 0 Å². The summed E-state index contributed by atoms with van der Waals surface area (Å²) in [6.45, 7) is -3.19. The van der Waals surface area contributed by atoms with Gasteiger partial charge in [-0.25, -0.2) is 0 Å². The molecule has 1 saturated carbocycles. The van der Waals surface area contributed by atoms with Crippen molar-refractivity contribution in [1.82, 2.24) is 9.78 Å². The van der Waals surface area contributed by atoms with Gasteiger partial charge in [0.2, 0.25) is 0 Å². The number of hydrogen-bond acceptors (Lipinski definition) is 4. The molecule has 1 aromatic heterocycles. The zero-order chi connectivity index (χ0) is 19.8. The van der Waals surface area contributed by atoms with E-state index in [-0.39, 0.29) is 33.1 Å². The Morgan fingerprint density at radius 3 is 2.59 bits per heavy atom. The molecular formula is C16H12F5N3O3. The minimum Gasteiger partial charge on any atom is -0.434 e. The second-order valence-corrected chi connectivity index (χ2v) is 5.82. The summed E-state index contributed by atoms with van der Waals surface area (Å²) in [6.07, 6.45) is -2.65. The summed E-state index contributed by atoms with van der Waals surface area (Å²) in [5.41, 5.74) is -0.427. The Kier molecular flexibility index (Phi) is 4.85. The summed E-state index contributed by atoms with van der Waals surface area (Å²) in [7, 11) is 0. The van der Waals surface area contributed by atoms with Gasteiger partial charge in [0.05, 0.1) is 16.8 Å². The predicted molar refractivity (Wildman–Crippen MR) is 81.9 cm³/mol. The number of carbonyl (C=O) groups is 2. The SMILES string of the molecule is O=Cc1ccc(NC(=O)c2cn(C(F)(F)F)nc2C2CC2)cc1OC(F)F. The van der Waals surface area contributed by atoms with Crippen LogP contribution < -0.4 is 10.1 Å². The van der Waals surface area contributed by atoms with E-state index in [0.717, 1.165) is 12.1 Å². The normalized spacial score (nSPS) is 14.3. The molecule has 1 heterocycles. The van der Waals surface area contributed by atoms with Gasteiger partial charge in [-0.15, -0.1) is 13.2 Å².